The topological polar surface area (TPSA) is 194 Å². The van der Waals surface area contributed by atoms with Crippen LogP contribution in [0.5, 0.6) is 0 Å². The summed E-state index contributed by atoms with van der Waals surface area (Å²) in [5, 5.41) is 34.5. The Hall–Kier alpha value is -5.63. The number of nitrogens with zero attached hydrogens (tertiary/aromatic N) is 4. The average Bonchev–Trinajstić information content (AvgIpc) is 3.70. The van der Waals surface area contributed by atoms with Crippen LogP contribution >= 0.6 is 0 Å². The predicted molar refractivity (Wildman–Crippen MR) is 200 cm³/mol. The molecule has 2 aliphatic rings. The number of aryl methyl sites for hydroxylation is 1. The van der Waals surface area contributed by atoms with Crippen molar-refractivity contribution in [3.8, 4) is 22.5 Å². The van der Waals surface area contributed by atoms with Gasteiger partial charge in [-0.3, -0.25) is 14.4 Å². The fraction of sp³-hybridized carbons (Fsp3) is 0.410. The first-order valence-electron chi connectivity index (χ1n) is 18.2. The lowest BCUT2D eigenvalue weighted by Gasteiger charge is -2.30. The lowest BCUT2D eigenvalue weighted by Crippen LogP contribution is -2.48. The molecule has 1 saturated carbocycles. The maximum atomic E-state index is 13.7. The van der Waals surface area contributed by atoms with Crippen LogP contribution in [0.25, 0.3) is 22.5 Å². The van der Waals surface area contributed by atoms with Gasteiger partial charge in [0.15, 0.2) is 0 Å². The number of hydrogen-bond donors (Lipinski definition) is 6. The summed E-state index contributed by atoms with van der Waals surface area (Å²) in [6.45, 7) is 4.27. The second-order valence-corrected chi connectivity index (χ2v) is 14.3. The smallest absolute Gasteiger partial charge is 0.404 e. The van der Waals surface area contributed by atoms with E-state index in [-0.39, 0.29) is 42.0 Å². The number of piperidine rings is 1. The maximum absolute atomic E-state index is 13.7. The normalized spacial score (nSPS) is 19.5. The van der Waals surface area contributed by atoms with Gasteiger partial charge in [0.2, 0.25) is 17.6 Å². The molecule has 4 aromatic rings. The summed E-state index contributed by atoms with van der Waals surface area (Å²) in [6, 6.07) is 20.0. The Bertz CT molecular complexity index is 1870. The molecule has 278 valence electrons. The summed E-state index contributed by atoms with van der Waals surface area (Å²) in [6.07, 6.45) is 3.97. The molecule has 2 fully saturated rings. The Labute approximate surface area is 308 Å². The first kappa shape index (κ1) is 37.1. The van der Waals surface area contributed by atoms with Gasteiger partial charge in [-0.15, -0.1) is 10.2 Å². The van der Waals surface area contributed by atoms with Crippen molar-refractivity contribution in [2.24, 2.45) is 11.8 Å². The molecule has 2 heterocycles. The molecular weight excluding hydrogens is 674 g/mol. The molecule has 3 aromatic carbocycles. The number of likely N-dealkylation sites (N-methyl/N-ethyl adjacent to an activating group) is 1. The maximum Gasteiger partial charge on any atom is 0.404 e. The number of hydrogen-bond acceptors (Lipinski definition) is 8. The van der Waals surface area contributed by atoms with E-state index < -0.39 is 12.1 Å². The highest BCUT2D eigenvalue weighted by Crippen LogP contribution is 2.29. The average molecular weight is 722 g/mol. The van der Waals surface area contributed by atoms with Gasteiger partial charge in [-0.05, 0) is 129 Å². The van der Waals surface area contributed by atoms with E-state index >= 15 is 0 Å². The van der Waals surface area contributed by atoms with E-state index in [1.165, 1.54) is 0 Å². The number of H-pyrrole nitrogens is 1. The van der Waals surface area contributed by atoms with E-state index in [0.717, 1.165) is 66.6 Å². The summed E-state index contributed by atoms with van der Waals surface area (Å²) in [5.74, 6) is -0.242. The molecule has 0 spiro atoms. The van der Waals surface area contributed by atoms with Crippen LogP contribution < -0.4 is 21.3 Å². The summed E-state index contributed by atoms with van der Waals surface area (Å²) in [7, 11) is 2.08. The number of carboxylic acid groups (broad SMARTS) is 1. The Morgan fingerprint density at radius 2 is 1.68 bits per heavy atom. The Morgan fingerprint density at radius 1 is 0.943 bits per heavy atom. The minimum atomic E-state index is -1.05. The first-order chi connectivity index (χ1) is 25.6. The molecule has 6 rings (SSSR count). The number of amides is 4. The van der Waals surface area contributed by atoms with Crippen LogP contribution in [0.3, 0.4) is 0 Å². The molecule has 1 aliphatic heterocycles. The zero-order chi connectivity index (χ0) is 37.3. The minimum Gasteiger partial charge on any atom is -0.465 e. The largest absolute Gasteiger partial charge is 0.465 e. The van der Waals surface area contributed by atoms with E-state index in [1.807, 2.05) is 49.4 Å². The van der Waals surface area contributed by atoms with Crippen molar-refractivity contribution in [2.75, 3.05) is 32.0 Å². The van der Waals surface area contributed by atoms with Crippen molar-refractivity contribution in [2.45, 2.75) is 64.0 Å². The third-order valence-electron chi connectivity index (χ3n) is 10.3. The van der Waals surface area contributed by atoms with Crippen molar-refractivity contribution in [3.05, 3.63) is 83.4 Å². The molecule has 1 aliphatic carbocycles. The fourth-order valence-electron chi connectivity index (χ4n) is 7.31. The SMILES string of the molecule is Cc1cc(C(=O)N[C@H]2CCCN(C)C2)ccc1-c1ccc(C[C@H](NC(=O)C2CCC(CNC(=O)O)CC2)C(=O)Nc2ccc(-c3nn[nH]n3)cc2)cc1. The number of carbonyl (C=O) groups excluding carboxylic acids is 3. The van der Waals surface area contributed by atoms with Gasteiger partial charge in [0, 0.05) is 48.3 Å². The van der Waals surface area contributed by atoms with Gasteiger partial charge in [-0.25, -0.2) is 4.79 Å². The van der Waals surface area contributed by atoms with E-state index in [2.05, 4.69) is 53.8 Å². The lowest BCUT2D eigenvalue weighted by atomic mass is 9.81. The predicted octanol–water partition coefficient (Wildman–Crippen LogP) is 4.41. The summed E-state index contributed by atoms with van der Waals surface area (Å²) in [4.78, 5) is 53.5. The number of rotatable bonds is 12. The number of nitrogens with one attached hydrogen (secondary N) is 5. The highest BCUT2D eigenvalue weighted by molar-refractivity contribution is 5.98. The molecule has 53 heavy (non-hydrogen) atoms. The molecule has 14 nitrogen and oxygen atoms in total. The molecule has 14 heteroatoms. The fourth-order valence-corrected chi connectivity index (χ4v) is 7.31. The molecule has 6 N–H and O–H groups in total. The second kappa shape index (κ2) is 17.3. The zero-order valence-corrected chi connectivity index (χ0v) is 30.1. The third kappa shape index (κ3) is 10.0. The number of aromatic amines is 1. The van der Waals surface area contributed by atoms with Crippen molar-refractivity contribution >= 4 is 29.5 Å². The van der Waals surface area contributed by atoms with Crippen LogP contribution in [-0.2, 0) is 16.0 Å². The highest BCUT2D eigenvalue weighted by atomic mass is 16.4. The van der Waals surface area contributed by atoms with Crippen LogP contribution in [0.2, 0.25) is 0 Å². The van der Waals surface area contributed by atoms with Crippen LogP contribution in [0.15, 0.2) is 66.7 Å². The number of likely N-dealkylation sites (tertiary alicyclic amines) is 1. The van der Waals surface area contributed by atoms with Crippen LogP contribution in [0, 0.1) is 18.8 Å². The summed E-state index contributed by atoms with van der Waals surface area (Å²) in [5.41, 5.74) is 5.76. The number of benzene rings is 3. The zero-order valence-electron chi connectivity index (χ0n) is 30.1. The van der Waals surface area contributed by atoms with Crippen LogP contribution in [0.1, 0.15) is 60.0 Å². The number of tetrazole rings is 1. The van der Waals surface area contributed by atoms with E-state index in [0.29, 0.717) is 36.5 Å². The molecule has 0 bridgehead atoms. The van der Waals surface area contributed by atoms with Crippen molar-refractivity contribution < 1.29 is 24.3 Å². The van der Waals surface area contributed by atoms with E-state index in [1.54, 1.807) is 24.3 Å². The molecule has 2 atom stereocenters. The lowest BCUT2D eigenvalue weighted by molar-refractivity contribution is -0.130. The van der Waals surface area contributed by atoms with E-state index in [4.69, 9.17) is 5.11 Å². The standard InChI is InChI=1S/C39H47N9O5/c1-24-20-30(37(50)42-32-4-3-19-48(2)23-32)15-18-33(24)27-9-5-25(6-10-27)21-34(43-36(49)29-11-7-26(8-12-29)22-40-39(52)53)38(51)41-31-16-13-28(14-17-31)35-44-46-47-45-35/h5-6,9-10,13-18,20,26,29,32,34,40H,3-4,7-8,11-12,19,21-23H2,1-2H3,(H,41,51)(H,42,50)(H,43,49)(H,52,53)(H,44,45,46,47)/t26?,29?,32-,34-/m0/s1. The minimum absolute atomic E-state index is 0.0622. The van der Waals surface area contributed by atoms with Crippen molar-refractivity contribution in [3.63, 3.8) is 0 Å². The van der Waals surface area contributed by atoms with Gasteiger partial charge < -0.3 is 31.3 Å². The summed E-state index contributed by atoms with van der Waals surface area (Å²) < 4.78 is 0. The van der Waals surface area contributed by atoms with Gasteiger partial charge in [0.25, 0.3) is 5.91 Å². The molecule has 0 unspecified atom stereocenters. The van der Waals surface area contributed by atoms with E-state index in [9.17, 15) is 19.2 Å². The highest BCUT2D eigenvalue weighted by Gasteiger charge is 2.30. The number of carbonyl (C=O) groups is 4. The van der Waals surface area contributed by atoms with Gasteiger partial charge in [-0.1, -0.05) is 30.3 Å². The molecule has 1 aromatic heterocycles. The van der Waals surface area contributed by atoms with Gasteiger partial charge >= 0.3 is 6.09 Å². The van der Waals surface area contributed by atoms with Gasteiger partial charge in [0.1, 0.15) is 6.04 Å². The first-order valence-corrected chi connectivity index (χ1v) is 18.2. The van der Waals surface area contributed by atoms with Gasteiger partial charge in [-0.2, -0.15) is 5.21 Å². The molecule has 4 amide bonds. The number of anilines is 1. The third-order valence-corrected chi connectivity index (χ3v) is 10.3. The molecule has 1 saturated heterocycles. The second-order valence-electron chi connectivity index (χ2n) is 14.3. The molecule has 0 radical (unpaired) electrons. The van der Waals surface area contributed by atoms with Crippen LogP contribution in [0.4, 0.5) is 10.5 Å². The monoisotopic (exact) mass is 721 g/mol. The summed E-state index contributed by atoms with van der Waals surface area (Å²) >= 11 is 0. The quantitative estimate of drug-likeness (QED) is 0.123. The Balaban J connectivity index is 1.12. The molecular formula is C39H47N9O5. The van der Waals surface area contributed by atoms with Crippen molar-refractivity contribution in [1.82, 2.24) is 41.5 Å². The Kier molecular flexibility index (Phi) is 12.1. The van der Waals surface area contributed by atoms with Crippen LogP contribution in [-0.4, -0.2) is 93.2 Å². The number of aromatic nitrogens is 4. The van der Waals surface area contributed by atoms with Crippen molar-refractivity contribution in [1.29, 1.82) is 0 Å². The van der Waals surface area contributed by atoms with Gasteiger partial charge in [0.05, 0.1) is 0 Å². The Morgan fingerprint density at radius 3 is 2.34 bits per heavy atom.